The molecule has 8 nitrogen and oxygen atoms in total. The van der Waals surface area contributed by atoms with Gasteiger partial charge in [0.25, 0.3) is 11.8 Å². The molecular weight excluding hydrogens is 540 g/mol. The van der Waals surface area contributed by atoms with Gasteiger partial charge in [-0.15, -0.1) is 0 Å². The Morgan fingerprint density at radius 1 is 1.00 bits per heavy atom. The number of phenols is 2. The lowest BCUT2D eigenvalue weighted by Crippen LogP contribution is -2.58. The van der Waals surface area contributed by atoms with Gasteiger partial charge in [-0.3, -0.25) is 9.78 Å². The number of halogens is 2. The summed E-state index contributed by atoms with van der Waals surface area (Å²) in [6.07, 6.45) is 1.15. The molecule has 1 fully saturated rings. The average Bonchev–Trinajstić information content (AvgIpc) is 2.91. The lowest BCUT2D eigenvalue weighted by Gasteiger charge is -2.37. The highest BCUT2D eigenvalue weighted by molar-refractivity contribution is 7.89. The Kier molecular flexibility index (Phi) is 7.03. The first-order valence-electron chi connectivity index (χ1n) is 12.3. The zero-order chi connectivity index (χ0) is 28.7. The Bertz CT molecular complexity index is 1670. The van der Waals surface area contributed by atoms with Gasteiger partial charge < -0.3 is 15.1 Å². The molecule has 0 saturated carbocycles. The van der Waals surface area contributed by atoms with E-state index in [-0.39, 0.29) is 28.5 Å². The first kappa shape index (κ1) is 27.2. The van der Waals surface area contributed by atoms with Crippen molar-refractivity contribution < 1.29 is 32.2 Å². The highest BCUT2D eigenvalue weighted by Gasteiger charge is 2.50. The van der Waals surface area contributed by atoms with Crippen molar-refractivity contribution in [2.45, 2.75) is 24.3 Å². The van der Waals surface area contributed by atoms with Gasteiger partial charge in [-0.2, -0.15) is 4.31 Å². The third kappa shape index (κ3) is 5.38. The second-order valence-corrected chi connectivity index (χ2v) is 11.5. The van der Waals surface area contributed by atoms with Crippen LogP contribution in [0.2, 0.25) is 0 Å². The van der Waals surface area contributed by atoms with E-state index in [0.717, 1.165) is 22.1 Å². The average molecular weight is 566 g/mol. The van der Waals surface area contributed by atoms with E-state index in [2.05, 4.69) is 4.98 Å². The van der Waals surface area contributed by atoms with Gasteiger partial charge in [-0.25, -0.2) is 17.2 Å². The molecule has 0 spiro atoms. The predicted octanol–water partition coefficient (Wildman–Crippen LogP) is 4.95. The van der Waals surface area contributed by atoms with Crippen molar-refractivity contribution >= 4 is 21.6 Å². The van der Waals surface area contributed by atoms with Crippen molar-refractivity contribution in [3.8, 4) is 22.8 Å². The largest absolute Gasteiger partial charge is 0.508 e. The fourth-order valence-corrected chi connectivity index (χ4v) is 6.00. The number of alkyl halides is 2. The number of anilines is 1. The van der Waals surface area contributed by atoms with Crippen LogP contribution in [0.4, 0.5) is 14.5 Å². The topological polar surface area (TPSA) is 111 Å². The number of pyridine rings is 1. The van der Waals surface area contributed by atoms with Crippen LogP contribution in [0.3, 0.4) is 0 Å². The number of rotatable bonds is 7. The molecule has 0 atom stereocenters. The van der Waals surface area contributed by atoms with Gasteiger partial charge in [-0.1, -0.05) is 42.5 Å². The summed E-state index contributed by atoms with van der Waals surface area (Å²) in [4.78, 5) is 19.1. The second-order valence-electron chi connectivity index (χ2n) is 9.59. The van der Waals surface area contributed by atoms with Gasteiger partial charge in [0.1, 0.15) is 16.4 Å². The summed E-state index contributed by atoms with van der Waals surface area (Å²) in [5, 5.41) is 19.9. The van der Waals surface area contributed by atoms with Crippen LogP contribution in [0.15, 0.2) is 90.0 Å². The van der Waals surface area contributed by atoms with Crippen LogP contribution in [0, 0.1) is 6.92 Å². The third-order valence-corrected chi connectivity index (χ3v) is 8.36. The highest BCUT2D eigenvalue weighted by atomic mass is 32.2. The van der Waals surface area contributed by atoms with Crippen LogP contribution >= 0.6 is 0 Å². The lowest BCUT2D eigenvalue weighted by atomic mass is 10.1. The Morgan fingerprint density at radius 2 is 1.68 bits per heavy atom. The second kappa shape index (κ2) is 10.3. The SMILES string of the molecule is Cc1cc(S(=O)(=O)N2CC(F)(F)C2)cnc1-c1ccc(N(Cc2ccccc2)C(=O)c2ccc(O)cc2O)cc1. The van der Waals surface area contributed by atoms with E-state index >= 15 is 0 Å². The van der Waals surface area contributed by atoms with Crippen LogP contribution < -0.4 is 4.90 Å². The van der Waals surface area contributed by atoms with E-state index in [1.54, 1.807) is 31.2 Å². The molecule has 5 rings (SSSR count). The predicted molar refractivity (Wildman–Crippen MR) is 145 cm³/mol. The zero-order valence-electron chi connectivity index (χ0n) is 21.3. The molecular formula is C29H25F2N3O5S. The number of sulfonamides is 1. The summed E-state index contributed by atoms with van der Waals surface area (Å²) in [6.45, 7) is 0.187. The van der Waals surface area contributed by atoms with E-state index in [4.69, 9.17) is 0 Å². The first-order valence-corrected chi connectivity index (χ1v) is 13.7. The minimum Gasteiger partial charge on any atom is -0.508 e. The van der Waals surface area contributed by atoms with E-state index < -0.39 is 34.9 Å². The summed E-state index contributed by atoms with van der Waals surface area (Å²) < 4.78 is 52.5. The highest BCUT2D eigenvalue weighted by Crippen LogP contribution is 2.34. The van der Waals surface area contributed by atoms with E-state index in [0.29, 0.717) is 22.5 Å². The number of nitrogens with zero attached hydrogens (tertiary/aromatic N) is 3. The van der Waals surface area contributed by atoms with E-state index in [1.807, 2.05) is 30.3 Å². The first-order chi connectivity index (χ1) is 18.9. The lowest BCUT2D eigenvalue weighted by molar-refractivity contribution is -0.0945. The van der Waals surface area contributed by atoms with Gasteiger partial charge in [0.2, 0.25) is 10.0 Å². The Morgan fingerprint density at radius 3 is 2.27 bits per heavy atom. The number of hydrogen-bond acceptors (Lipinski definition) is 6. The molecule has 0 unspecified atom stereocenters. The monoisotopic (exact) mass is 565 g/mol. The summed E-state index contributed by atoms with van der Waals surface area (Å²) in [5.41, 5.74) is 3.09. The van der Waals surface area contributed by atoms with Crippen molar-refractivity contribution in [2.75, 3.05) is 18.0 Å². The number of aromatic nitrogens is 1. The number of hydrogen-bond donors (Lipinski definition) is 2. The molecule has 206 valence electrons. The van der Waals surface area contributed by atoms with Gasteiger partial charge in [0.15, 0.2) is 0 Å². The standard InChI is InChI=1S/C29H25F2N3O5S/c1-19-13-24(40(38,39)33-17-29(30,31)18-33)15-32-27(19)21-7-9-22(10-8-21)34(16-20-5-3-2-4-6-20)28(37)25-12-11-23(35)14-26(25)36/h2-15,35-36H,16-18H2,1H3. The minimum absolute atomic E-state index is 0.0204. The van der Waals surface area contributed by atoms with Gasteiger partial charge in [-0.05, 0) is 48.4 Å². The van der Waals surface area contributed by atoms with Gasteiger partial charge in [0.05, 0.1) is 30.9 Å². The number of aromatic hydroxyl groups is 2. The maximum Gasteiger partial charge on any atom is 0.275 e. The summed E-state index contributed by atoms with van der Waals surface area (Å²) >= 11 is 0. The molecule has 2 heterocycles. The fourth-order valence-electron chi connectivity index (χ4n) is 4.47. The molecule has 0 aliphatic carbocycles. The fraction of sp³-hybridized carbons (Fsp3) is 0.172. The Hall–Kier alpha value is -4.35. The number of aryl methyl sites for hydroxylation is 1. The zero-order valence-corrected chi connectivity index (χ0v) is 22.1. The van der Waals surface area contributed by atoms with Crippen LogP contribution in [-0.2, 0) is 16.6 Å². The van der Waals surface area contributed by atoms with Crippen molar-refractivity contribution in [3.05, 3.63) is 102 Å². The van der Waals surface area contributed by atoms with E-state index in [1.165, 1.54) is 23.1 Å². The molecule has 3 aromatic carbocycles. The summed E-state index contributed by atoms with van der Waals surface area (Å²) in [6, 6.07) is 21.4. The molecule has 1 aliphatic rings. The number of carbonyl (C=O) groups is 1. The molecule has 1 aliphatic heterocycles. The van der Waals surface area contributed by atoms with Gasteiger partial charge in [0, 0.05) is 23.5 Å². The number of carbonyl (C=O) groups excluding carboxylic acids is 1. The maximum atomic E-state index is 13.5. The third-order valence-electron chi connectivity index (χ3n) is 6.60. The molecule has 4 aromatic rings. The van der Waals surface area contributed by atoms with Crippen LogP contribution in [0.25, 0.3) is 11.3 Å². The Balaban J connectivity index is 1.44. The summed E-state index contributed by atoms with van der Waals surface area (Å²) in [7, 11) is -4.07. The molecule has 2 N–H and O–H groups in total. The number of benzene rings is 3. The smallest absolute Gasteiger partial charge is 0.275 e. The van der Waals surface area contributed by atoms with Crippen molar-refractivity contribution in [3.63, 3.8) is 0 Å². The maximum absolute atomic E-state index is 13.5. The molecule has 40 heavy (non-hydrogen) atoms. The van der Waals surface area contributed by atoms with Crippen LogP contribution in [-0.4, -0.2) is 52.8 Å². The van der Waals surface area contributed by atoms with E-state index in [9.17, 15) is 32.2 Å². The number of amides is 1. The minimum atomic E-state index is -4.07. The molecule has 1 amide bonds. The normalized spacial score (nSPS) is 14.9. The Labute approximate surface area is 229 Å². The van der Waals surface area contributed by atoms with Crippen LogP contribution in [0.1, 0.15) is 21.5 Å². The molecule has 1 aromatic heterocycles. The quantitative estimate of drug-likeness (QED) is 0.328. The number of phenolic OH excluding ortho intramolecular Hbond substituents is 2. The molecule has 0 bridgehead atoms. The molecule has 11 heteroatoms. The van der Waals surface area contributed by atoms with Gasteiger partial charge >= 0.3 is 0 Å². The van der Waals surface area contributed by atoms with Crippen molar-refractivity contribution in [1.29, 1.82) is 0 Å². The van der Waals surface area contributed by atoms with Crippen molar-refractivity contribution in [2.24, 2.45) is 0 Å². The van der Waals surface area contributed by atoms with Crippen molar-refractivity contribution in [1.82, 2.24) is 9.29 Å². The molecule has 0 radical (unpaired) electrons. The molecule has 1 saturated heterocycles. The summed E-state index contributed by atoms with van der Waals surface area (Å²) in [5.74, 6) is -4.02. The van der Waals surface area contributed by atoms with Crippen LogP contribution in [0.5, 0.6) is 11.5 Å².